The summed E-state index contributed by atoms with van der Waals surface area (Å²) in [6.45, 7) is 6.57. The van der Waals surface area contributed by atoms with Crippen molar-refractivity contribution in [3.63, 3.8) is 0 Å². The van der Waals surface area contributed by atoms with E-state index in [-0.39, 0.29) is 18.2 Å². The Morgan fingerprint density at radius 1 is 1.40 bits per heavy atom. The second kappa shape index (κ2) is 6.59. The van der Waals surface area contributed by atoms with E-state index < -0.39 is 0 Å². The minimum atomic E-state index is -0.167. The number of hydrogen-bond donors (Lipinski definition) is 2. The average molecular weight is 277 g/mol. The van der Waals surface area contributed by atoms with Crippen molar-refractivity contribution in [2.75, 3.05) is 6.61 Å². The van der Waals surface area contributed by atoms with Crippen LogP contribution in [0.1, 0.15) is 45.6 Å². The second-order valence-corrected chi connectivity index (χ2v) is 6.18. The van der Waals surface area contributed by atoms with Crippen LogP contribution in [0, 0.1) is 0 Å². The molecule has 1 aliphatic carbocycles. The van der Waals surface area contributed by atoms with Crippen molar-refractivity contribution in [3.8, 4) is 5.75 Å². The van der Waals surface area contributed by atoms with Gasteiger partial charge < -0.3 is 15.2 Å². The molecule has 1 aliphatic rings. The zero-order valence-corrected chi connectivity index (χ0v) is 12.9. The summed E-state index contributed by atoms with van der Waals surface area (Å²) in [7, 11) is 0. The number of benzene rings is 1. The molecule has 2 atom stereocenters. The summed E-state index contributed by atoms with van der Waals surface area (Å²) in [4.78, 5) is 0. The summed E-state index contributed by atoms with van der Waals surface area (Å²) < 4.78 is 6.18. The topological polar surface area (TPSA) is 41.5 Å². The second-order valence-electron chi connectivity index (χ2n) is 6.18. The van der Waals surface area contributed by atoms with Gasteiger partial charge in [-0.2, -0.15) is 0 Å². The normalized spacial score (nSPS) is 26.1. The van der Waals surface area contributed by atoms with E-state index in [1.165, 1.54) is 5.56 Å². The lowest BCUT2D eigenvalue weighted by atomic mass is 9.97. The molecular weight excluding hydrogens is 250 g/mol. The molecule has 0 saturated heterocycles. The maximum Gasteiger partial charge on any atom is 0.122 e. The number of aliphatic hydroxyl groups excluding tert-OH is 1. The summed E-state index contributed by atoms with van der Waals surface area (Å²) in [6, 6.07) is 8.63. The first-order valence-electron chi connectivity index (χ1n) is 7.71. The van der Waals surface area contributed by atoms with Gasteiger partial charge in [0.2, 0.25) is 0 Å². The van der Waals surface area contributed by atoms with Gasteiger partial charge in [-0.3, -0.25) is 0 Å². The molecule has 2 N–H and O–H groups in total. The van der Waals surface area contributed by atoms with Crippen LogP contribution in [0.5, 0.6) is 5.75 Å². The maximum atomic E-state index is 9.73. The minimum absolute atomic E-state index is 0.167. The summed E-state index contributed by atoms with van der Waals surface area (Å²) in [5, 5.41) is 13.3. The number of hydrogen-bond acceptors (Lipinski definition) is 3. The monoisotopic (exact) mass is 277 g/mol. The highest BCUT2D eigenvalue weighted by Crippen LogP contribution is 2.34. The highest BCUT2D eigenvalue weighted by Gasteiger charge is 2.40. The zero-order chi connectivity index (χ0) is 14.6. The van der Waals surface area contributed by atoms with Gasteiger partial charge in [-0.05, 0) is 30.9 Å². The molecular formula is C17H27NO2. The Morgan fingerprint density at radius 2 is 2.15 bits per heavy atom. The van der Waals surface area contributed by atoms with Crippen molar-refractivity contribution in [3.05, 3.63) is 29.8 Å². The van der Waals surface area contributed by atoms with E-state index >= 15 is 0 Å². The van der Waals surface area contributed by atoms with Crippen molar-refractivity contribution < 1.29 is 9.84 Å². The quantitative estimate of drug-likeness (QED) is 0.840. The van der Waals surface area contributed by atoms with Gasteiger partial charge in [0.15, 0.2) is 0 Å². The largest absolute Gasteiger partial charge is 0.490 e. The predicted molar refractivity (Wildman–Crippen MR) is 82.2 cm³/mol. The van der Waals surface area contributed by atoms with Crippen LogP contribution in [0.2, 0.25) is 0 Å². The minimum Gasteiger partial charge on any atom is -0.490 e. The average Bonchev–Trinajstić information content (AvgIpc) is 2.82. The molecule has 1 aromatic carbocycles. The molecule has 0 amide bonds. The summed E-state index contributed by atoms with van der Waals surface area (Å²) >= 11 is 0. The first kappa shape index (κ1) is 15.3. The molecule has 0 bridgehead atoms. The lowest BCUT2D eigenvalue weighted by Crippen LogP contribution is -2.50. The van der Waals surface area contributed by atoms with Crippen LogP contribution in [0.15, 0.2) is 24.3 Å². The number of rotatable bonds is 6. The molecule has 3 heteroatoms. The lowest BCUT2D eigenvalue weighted by Gasteiger charge is -2.31. The smallest absolute Gasteiger partial charge is 0.122 e. The van der Waals surface area contributed by atoms with E-state index in [0.717, 1.165) is 31.4 Å². The Labute approximate surface area is 122 Å². The Hall–Kier alpha value is -1.06. The van der Waals surface area contributed by atoms with Gasteiger partial charge in [-0.25, -0.2) is 0 Å². The first-order chi connectivity index (χ1) is 9.58. The van der Waals surface area contributed by atoms with Crippen LogP contribution in [-0.4, -0.2) is 29.4 Å². The van der Waals surface area contributed by atoms with Crippen LogP contribution in [-0.2, 0) is 6.42 Å². The van der Waals surface area contributed by atoms with Crippen molar-refractivity contribution in [1.29, 1.82) is 0 Å². The molecule has 20 heavy (non-hydrogen) atoms. The zero-order valence-electron chi connectivity index (χ0n) is 12.9. The molecule has 1 aromatic rings. The molecule has 1 saturated carbocycles. The summed E-state index contributed by atoms with van der Waals surface area (Å²) in [5.41, 5.74) is 1.09. The van der Waals surface area contributed by atoms with Crippen LogP contribution in [0.25, 0.3) is 0 Å². The SMILES string of the molecule is CCc1ccccc1OC1CCC(CO)(NC(C)C)C1. The molecule has 0 spiro atoms. The Morgan fingerprint density at radius 3 is 2.80 bits per heavy atom. The number of aryl methyl sites for hydroxylation is 1. The fourth-order valence-electron chi connectivity index (χ4n) is 3.20. The fraction of sp³-hybridized carbons (Fsp3) is 0.647. The van der Waals surface area contributed by atoms with E-state index in [1.807, 2.05) is 12.1 Å². The number of nitrogens with one attached hydrogen (secondary N) is 1. The van der Waals surface area contributed by atoms with Gasteiger partial charge >= 0.3 is 0 Å². The predicted octanol–water partition coefficient (Wildman–Crippen LogP) is 2.91. The third-order valence-electron chi connectivity index (χ3n) is 4.11. The van der Waals surface area contributed by atoms with Crippen LogP contribution in [0.3, 0.4) is 0 Å². The van der Waals surface area contributed by atoms with Crippen molar-refractivity contribution in [1.82, 2.24) is 5.32 Å². The molecule has 2 rings (SSSR count). The van der Waals surface area contributed by atoms with Crippen molar-refractivity contribution in [2.24, 2.45) is 0 Å². The Kier molecular flexibility index (Phi) is 5.06. The molecule has 1 fully saturated rings. The molecule has 0 heterocycles. The van der Waals surface area contributed by atoms with E-state index in [4.69, 9.17) is 4.74 Å². The molecule has 0 aromatic heterocycles. The number of aliphatic hydroxyl groups is 1. The van der Waals surface area contributed by atoms with E-state index in [1.54, 1.807) is 0 Å². The third kappa shape index (κ3) is 3.53. The first-order valence-corrected chi connectivity index (χ1v) is 7.71. The van der Waals surface area contributed by atoms with Crippen molar-refractivity contribution in [2.45, 2.75) is 64.1 Å². The molecule has 0 aliphatic heterocycles. The Balaban J connectivity index is 2.02. The Bertz CT molecular complexity index is 433. The standard InChI is InChI=1S/C17H27NO2/c1-4-14-7-5-6-8-16(14)20-15-9-10-17(11-15,12-19)18-13(2)3/h5-8,13,15,18-19H,4,9-12H2,1-3H3. The molecule has 112 valence electrons. The van der Waals surface area contributed by atoms with Gasteiger partial charge in [0.05, 0.1) is 6.61 Å². The number of ether oxygens (including phenoxy) is 1. The van der Waals surface area contributed by atoms with Gasteiger partial charge in [0.25, 0.3) is 0 Å². The molecule has 2 unspecified atom stereocenters. The molecule has 0 radical (unpaired) electrons. The van der Waals surface area contributed by atoms with Crippen LogP contribution < -0.4 is 10.1 Å². The fourth-order valence-corrected chi connectivity index (χ4v) is 3.20. The van der Waals surface area contributed by atoms with E-state index in [0.29, 0.717) is 6.04 Å². The van der Waals surface area contributed by atoms with Crippen LogP contribution in [0.4, 0.5) is 0 Å². The van der Waals surface area contributed by atoms with Gasteiger partial charge in [0.1, 0.15) is 11.9 Å². The third-order valence-corrected chi connectivity index (χ3v) is 4.11. The van der Waals surface area contributed by atoms with Crippen molar-refractivity contribution >= 4 is 0 Å². The van der Waals surface area contributed by atoms with E-state index in [9.17, 15) is 5.11 Å². The highest BCUT2D eigenvalue weighted by molar-refractivity contribution is 5.33. The van der Waals surface area contributed by atoms with Gasteiger partial charge in [0, 0.05) is 18.0 Å². The van der Waals surface area contributed by atoms with Gasteiger partial charge in [-0.1, -0.05) is 39.0 Å². The summed E-state index contributed by atoms with van der Waals surface area (Å²) in [5.74, 6) is 0.998. The summed E-state index contributed by atoms with van der Waals surface area (Å²) in [6.07, 6.45) is 4.03. The molecule has 3 nitrogen and oxygen atoms in total. The van der Waals surface area contributed by atoms with E-state index in [2.05, 4.69) is 38.2 Å². The van der Waals surface area contributed by atoms with Gasteiger partial charge in [-0.15, -0.1) is 0 Å². The maximum absolute atomic E-state index is 9.73. The van der Waals surface area contributed by atoms with Crippen LogP contribution >= 0.6 is 0 Å². The number of para-hydroxylation sites is 1. The highest BCUT2D eigenvalue weighted by atomic mass is 16.5. The lowest BCUT2D eigenvalue weighted by molar-refractivity contribution is 0.133.